The molecular weight excluding hydrogens is 291 g/mol. The molecule has 21 heavy (non-hydrogen) atoms. The van der Waals surface area contributed by atoms with E-state index in [9.17, 15) is 26.7 Å². The van der Waals surface area contributed by atoms with Gasteiger partial charge in [0.25, 0.3) is 0 Å². The highest BCUT2D eigenvalue weighted by molar-refractivity contribution is 5.83. The molecule has 116 valence electrons. The maximum atomic E-state index is 13.0. The van der Waals surface area contributed by atoms with Crippen LogP contribution in [-0.2, 0) is 17.4 Å². The molecule has 6 heteroatoms. The smallest absolute Gasteiger partial charge is 0.299 e. The van der Waals surface area contributed by atoms with Crippen molar-refractivity contribution < 1.29 is 26.7 Å². The third-order valence-electron chi connectivity index (χ3n) is 3.81. The zero-order valence-electron chi connectivity index (χ0n) is 11.2. The number of halogens is 5. The van der Waals surface area contributed by atoms with Gasteiger partial charge in [0.2, 0.25) is 5.92 Å². The monoisotopic (exact) mass is 306 g/mol. The molecule has 0 aliphatic heterocycles. The largest absolute Gasteiger partial charge is 0.416 e. The number of hydrogen-bond acceptors (Lipinski definition) is 1. The van der Waals surface area contributed by atoms with Crippen LogP contribution >= 0.6 is 0 Å². The van der Waals surface area contributed by atoms with E-state index in [1.165, 1.54) is 12.1 Å². The van der Waals surface area contributed by atoms with Gasteiger partial charge in [0, 0.05) is 25.2 Å². The average molecular weight is 306 g/mol. The minimum absolute atomic E-state index is 0.102. The predicted octanol–water partition coefficient (Wildman–Crippen LogP) is 4.64. The third kappa shape index (κ3) is 4.25. The van der Waals surface area contributed by atoms with Crippen LogP contribution in [0.3, 0.4) is 0 Å². The summed E-state index contributed by atoms with van der Waals surface area (Å²) in [6, 6.07) is 4.58. The Balaban J connectivity index is 2.00. The van der Waals surface area contributed by atoms with E-state index in [2.05, 4.69) is 0 Å². The van der Waals surface area contributed by atoms with Crippen LogP contribution in [0.25, 0.3) is 0 Å². The molecule has 0 atom stereocenters. The van der Waals surface area contributed by atoms with Crippen molar-refractivity contribution >= 4 is 5.78 Å². The Labute approximate surface area is 119 Å². The van der Waals surface area contributed by atoms with E-state index in [1.807, 2.05) is 0 Å². The summed E-state index contributed by atoms with van der Waals surface area (Å²) >= 11 is 0. The summed E-state index contributed by atoms with van der Waals surface area (Å²) < 4.78 is 63.8. The molecular formula is C15H15F5O. The summed E-state index contributed by atoms with van der Waals surface area (Å²) in [5.41, 5.74) is -0.532. The third-order valence-corrected chi connectivity index (χ3v) is 3.81. The van der Waals surface area contributed by atoms with Crippen LogP contribution in [0.2, 0.25) is 0 Å². The lowest BCUT2D eigenvalue weighted by Gasteiger charge is -2.27. The number of ketones is 1. The number of alkyl halides is 5. The zero-order chi connectivity index (χ0) is 15.7. The van der Waals surface area contributed by atoms with Gasteiger partial charge in [0.05, 0.1) is 5.56 Å². The van der Waals surface area contributed by atoms with Crippen molar-refractivity contribution in [1.82, 2.24) is 0 Å². The first kappa shape index (κ1) is 15.9. The second kappa shape index (κ2) is 5.73. The standard InChI is InChI=1S/C15H15F5O/c16-14(17)6-4-11(5-7-14)13(21)9-10-2-1-3-12(8-10)15(18,19)20/h1-3,8,11H,4-7,9H2. The Morgan fingerprint density at radius 3 is 2.38 bits per heavy atom. The first-order valence-corrected chi connectivity index (χ1v) is 6.74. The summed E-state index contributed by atoms with van der Waals surface area (Å²) in [4.78, 5) is 12.0. The van der Waals surface area contributed by atoms with E-state index in [4.69, 9.17) is 0 Å². The molecule has 1 fully saturated rings. The van der Waals surface area contributed by atoms with Crippen molar-refractivity contribution in [2.45, 2.75) is 44.2 Å². The van der Waals surface area contributed by atoms with Gasteiger partial charge in [-0.3, -0.25) is 4.79 Å². The Bertz CT molecular complexity index is 511. The van der Waals surface area contributed by atoms with Gasteiger partial charge in [-0.25, -0.2) is 8.78 Å². The van der Waals surface area contributed by atoms with Crippen molar-refractivity contribution in [2.75, 3.05) is 0 Å². The van der Waals surface area contributed by atoms with E-state index in [0.717, 1.165) is 12.1 Å². The number of benzene rings is 1. The summed E-state index contributed by atoms with van der Waals surface area (Å²) in [6.07, 6.45) is -5.04. The second-order valence-corrected chi connectivity index (χ2v) is 5.47. The minimum Gasteiger partial charge on any atom is -0.299 e. The van der Waals surface area contributed by atoms with Gasteiger partial charge >= 0.3 is 6.18 Å². The molecule has 0 amide bonds. The van der Waals surface area contributed by atoms with Crippen LogP contribution in [0.15, 0.2) is 24.3 Å². The van der Waals surface area contributed by atoms with E-state index < -0.39 is 23.6 Å². The molecule has 0 aromatic heterocycles. The topological polar surface area (TPSA) is 17.1 Å². The van der Waals surface area contributed by atoms with Gasteiger partial charge in [0.15, 0.2) is 0 Å². The lowest BCUT2D eigenvalue weighted by atomic mass is 9.82. The molecule has 1 nitrogen and oxygen atoms in total. The van der Waals surface area contributed by atoms with Gasteiger partial charge in [-0.05, 0) is 24.5 Å². The fourth-order valence-corrected chi connectivity index (χ4v) is 2.57. The Kier molecular flexibility index (Phi) is 4.35. The molecule has 1 aliphatic rings. The molecule has 2 rings (SSSR count). The molecule has 0 saturated heterocycles. The van der Waals surface area contributed by atoms with E-state index in [-0.39, 0.29) is 43.5 Å². The van der Waals surface area contributed by atoms with Crippen LogP contribution < -0.4 is 0 Å². The first-order valence-electron chi connectivity index (χ1n) is 6.74. The van der Waals surface area contributed by atoms with Crippen LogP contribution in [-0.4, -0.2) is 11.7 Å². The van der Waals surface area contributed by atoms with Crippen molar-refractivity contribution in [3.05, 3.63) is 35.4 Å². The quantitative estimate of drug-likeness (QED) is 0.743. The second-order valence-electron chi connectivity index (χ2n) is 5.47. The van der Waals surface area contributed by atoms with Gasteiger partial charge in [-0.2, -0.15) is 13.2 Å². The van der Waals surface area contributed by atoms with E-state index in [0.29, 0.717) is 0 Å². The van der Waals surface area contributed by atoms with E-state index >= 15 is 0 Å². The molecule has 1 aliphatic carbocycles. The van der Waals surface area contributed by atoms with Crippen LogP contribution in [0.5, 0.6) is 0 Å². The summed E-state index contributed by atoms with van der Waals surface area (Å²) in [5, 5.41) is 0. The average Bonchev–Trinajstić information content (AvgIpc) is 2.37. The summed E-state index contributed by atoms with van der Waals surface area (Å²) in [5.74, 6) is -3.45. The van der Waals surface area contributed by atoms with Crippen molar-refractivity contribution in [2.24, 2.45) is 5.92 Å². The molecule has 1 saturated carbocycles. The highest BCUT2D eigenvalue weighted by atomic mass is 19.4. The maximum Gasteiger partial charge on any atom is 0.416 e. The summed E-state index contributed by atoms with van der Waals surface area (Å²) in [6.45, 7) is 0. The molecule has 0 radical (unpaired) electrons. The molecule has 0 N–H and O–H groups in total. The van der Waals surface area contributed by atoms with Crippen LogP contribution in [0, 0.1) is 5.92 Å². The Hall–Kier alpha value is -1.46. The fraction of sp³-hybridized carbons (Fsp3) is 0.533. The Morgan fingerprint density at radius 2 is 1.81 bits per heavy atom. The minimum atomic E-state index is -4.45. The number of rotatable bonds is 3. The SMILES string of the molecule is O=C(Cc1cccc(C(F)(F)F)c1)C1CCC(F)(F)CC1. The fourth-order valence-electron chi connectivity index (χ4n) is 2.57. The lowest BCUT2D eigenvalue weighted by Crippen LogP contribution is -2.29. The number of carbonyl (C=O) groups excluding carboxylic acids is 1. The molecule has 0 heterocycles. The van der Waals surface area contributed by atoms with Crippen LogP contribution in [0.4, 0.5) is 22.0 Å². The zero-order valence-corrected chi connectivity index (χ0v) is 11.2. The van der Waals surface area contributed by atoms with Crippen LogP contribution in [0.1, 0.15) is 36.8 Å². The Morgan fingerprint density at radius 1 is 1.19 bits per heavy atom. The van der Waals surface area contributed by atoms with Crippen molar-refractivity contribution in [1.29, 1.82) is 0 Å². The number of Topliss-reactive ketones (excluding diaryl/α,β-unsaturated/α-hetero) is 1. The number of carbonyl (C=O) groups is 1. The summed E-state index contributed by atoms with van der Waals surface area (Å²) in [7, 11) is 0. The first-order chi connectivity index (χ1) is 9.67. The molecule has 0 bridgehead atoms. The predicted molar refractivity (Wildman–Crippen MR) is 67.1 cm³/mol. The molecule has 1 aromatic carbocycles. The van der Waals surface area contributed by atoms with Gasteiger partial charge < -0.3 is 0 Å². The van der Waals surface area contributed by atoms with Gasteiger partial charge in [-0.15, -0.1) is 0 Å². The molecule has 0 unspecified atom stereocenters. The molecule has 0 spiro atoms. The normalized spacial score (nSPS) is 19.5. The highest BCUT2D eigenvalue weighted by Crippen LogP contribution is 2.37. The van der Waals surface area contributed by atoms with Crippen molar-refractivity contribution in [3.8, 4) is 0 Å². The lowest BCUT2D eigenvalue weighted by molar-refractivity contribution is -0.137. The number of hydrogen-bond donors (Lipinski definition) is 0. The molecule has 1 aromatic rings. The maximum absolute atomic E-state index is 13.0. The highest BCUT2D eigenvalue weighted by Gasteiger charge is 2.37. The van der Waals surface area contributed by atoms with E-state index in [1.54, 1.807) is 0 Å². The van der Waals surface area contributed by atoms with Gasteiger partial charge in [-0.1, -0.05) is 18.2 Å². The van der Waals surface area contributed by atoms with Crippen molar-refractivity contribution in [3.63, 3.8) is 0 Å². The van der Waals surface area contributed by atoms with Gasteiger partial charge in [0.1, 0.15) is 5.78 Å².